The largest absolute Gasteiger partial charge is 0.353 e. The van der Waals surface area contributed by atoms with Gasteiger partial charge in [0.2, 0.25) is 5.91 Å². The maximum atomic E-state index is 11.8. The van der Waals surface area contributed by atoms with Gasteiger partial charge in [0.05, 0.1) is 5.75 Å². The van der Waals surface area contributed by atoms with Crippen molar-refractivity contribution < 1.29 is 4.79 Å². The van der Waals surface area contributed by atoms with Crippen molar-refractivity contribution in [2.75, 3.05) is 5.75 Å². The predicted octanol–water partition coefficient (Wildman–Crippen LogP) is 2.86. The number of nitrogens with one attached hydrogen (secondary N) is 1. The molecule has 1 fully saturated rings. The van der Waals surface area contributed by atoms with E-state index in [1.165, 1.54) is 55.2 Å². The Bertz CT molecular complexity index is 348. The molecule has 18 heavy (non-hydrogen) atoms. The van der Waals surface area contributed by atoms with E-state index in [0.29, 0.717) is 11.8 Å². The Labute approximate surface area is 116 Å². The number of thioether (sulfide) groups is 1. The van der Waals surface area contributed by atoms with Gasteiger partial charge < -0.3 is 5.32 Å². The zero-order chi connectivity index (χ0) is 12.6. The number of carbonyl (C=O) groups is 1. The van der Waals surface area contributed by atoms with E-state index in [1.54, 1.807) is 5.51 Å². The minimum absolute atomic E-state index is 0.126. The van der Waals surface area contributed by atoms with Crippen molar-refractivity contribution >= 4 is 29.0 Å². The molecular weight excluding hydrogens is 266 g/mol. The molecule has 1 aromatic rings. The second-order valence-electron chi connectivity index (χ2n) is 4.60. The lowest BCUT2D eigenvalue weighted by molar-refractivity contribution is -0.119. The Morgan fingerprint density at radius 2 is 2.06 bits per heavy atom. The summed E-state index contributed by atoms with van der Waals surface area (Å²) >= 11 is 2.94. The van der Waals surface area contributed by atoms with Crippen LogP contribution in [-0.4, -0.2) is 27.9 Å². The highest BCUT2D eigenvalue weighted by Gasteiger charge is 2.14. The topological polar surface area (TPSA) is 54.9 Å². The molecule has 0 aromatic carbocycles. The molecule has 1 amide bonds. The Hall–Kier alpha value is -0.620. The minimum atomic E-state index is 0.126. The number of hydrogen-bond donors (Lipinski definition) is 1. The zero-order valence-corrected chi connectivity index (χ0v) is 12.1. The summed E-state index contributed by atoms with van der Waals surface area (Å²) in [6.07, 6.45) is 8.73. The van der Waals surface area contributed by atoms with Crippen LogP contribution in [0.15, 0.2) is 9.85 Å². The fourth-order valence-corrected chi connectivity index (χ4v) is 3.52. The normalized spacial score (nSPS) is 18.0. The second kappa shape index (κ2) is 7.74. The van der Waals surface area contributed by atoms with Gasteiger partial charge in [-0.2, -0.15) is 0 Å². The highest BCUT2D eigenvalue weighted by molar-refractivity contribution is 8.01. The van der Waals surface area contributed by atoms with Crippen molar-refractivity contribution in [1.29, 1.82) is 0 Å². The first-order chi connectivity index (χ1) is 8.84. The molecule has 0 radical (unpaired) electrons. The van der Waals surface area contributed by atoms with Crippen LogP contribution < -0.4 is 5.32 Å². The molecule has 0 aliphatic heterocycles. The molecule has 0 spiro atoms. The van der Waals surface area contributed by atoms with Gasteiger partial charge >= 0.3 is 0 Å². The van der Waals surface area contributed by atoms with E-state index >= 15 is 0 Å². The lowest BCUT2D eigenvalue weighted by Crippen LogP contribution is -2.36. The maximum absolute atomic E-state index is 11.8. The molecule has 2 rings (SSSR count). The molecule has 1 aliphatic rings. The fourth-order valence-electron chi connectivity index (χ4n) is 2.22. The van der Waals surface area contributed by atoms with Gasteiger partial charge in [-0.15, -0.1) is 10.2 Å². The molecule has 1 heterocycles. The van der Waals surface area contributed by atoms with Gasteiger partial charge in [-0.1, -0.05) is 55.2 Å². The number of rotatable bonds is 4. The first kappa shape index (κ1) is 13.8. The lowest BCUT2D eigenvalue weighted by Gasteiger charge is -2.20. The molecule has 0 saturated heterocycles. The van der Waals surface area contributed by atoms with Crippen LogP contribution >= 0.6 is 23.1 Å². The average molecular weight is 285 g/mol. The molecule has 4 nitrogen and oxygen atoms in total. The summed E-state index contributed by atoms with van der Waals surface area (Å²) in [6, 6.07) is 0.382. The van der Waals surface area contributed by atoms with Gasteiger partial charge in [-0.25, -0.2) is 0 Å². The molecule has 6 heteroatoms. The van der Waals surface area contributed by atoms with Crippen LogP contribution in [0.5, 0.6) is 0 Å². The summed E-state index contributed by atoms with van der Waals surface area (Å²) in [5.41, 5.74) is 1.69. The number of carbonyl (C=O) groups excluding carboxylic acids is 1. The molecule has 1 aliphatic carbocycles. The van der Waals surface area contributed by atoms with Crippen molar-refractivity contribution in [3.8, 4) is 0 Å². The third kappa shape index (κ3) is 4.94. The molecule has 0 bridgehead atoms. The van der Waals surface area contributed by atoms with E-state index in [4.69, 9.17) is 0 Å². The highest BCUT2D eigenvalue weighted by Crippen LogP contribution is 2.20. The van der Waals surface area contributed by atoms with Crippen LogP contribution in [0.3, 0.4) is 0 Å². The third-order valence-electron chi connectivity index (χ3n) is 3.14. The SMILES string of the molecule is O=C(CSc1nncs1)NC1CCCCCCC1. The summed E-state index contributed by atoms with van der Waals surface area (Å²) in [6.45, 7) is 0. The van der Waals surface area contributed by atoms with Gasteiger partial charge in [-0.3, -0.25) is 4.79 Å². The van der Waals surface area contributed by atoms with Gasteiger partial charge in [-0.05, 0) is 12.8 Å². The quantitative estimate of drug-likeness (QED) is 0.864. The Morgan fingerprint density at radius 1 is 1.33 bits per heavy atom. The van der Waals surface area contributed by atoms with E-state index < -0.39 is 0 Å². The van der Waals surface area contributed by atoms with Gasteiger partial charge in [0.15, 0.2) is 4.34 Å². The first-order valence-corrected chi connectivity index (χ1v) is 8.39. The van der Waals surface area contributed by atoms with E-state index in [9.17, 15) is 4.79 Å². The number of hydrogen-bond acceptors (Lipinski definition) is 5. The molecular formula is C12H19N3OS2. The zero-order valence-electron chi connectivity index (χ0n) is 10.4. The number of nitrogens with zero attached hydrogens (tertiary/aromatic N) is 2. The summed E-state index contributed by atoms with van der Waals surface area (Å²) in [4.78, 5) is 11.8. The minimum Gasteiger partial charge on any atom is -0.353 e. The van der Waals surface area contributed by atoms with Crippen molar-refractivity contribution in [3.63, 3.8) is 0 Å². The molecule has 0 atom stereocenters. The molecule has 0 unspecified atom stereocenters. The van der Waals surface area contributed by atoms with Crippen molar-refractivity contribution in [2.24, 2.45) is 0 Å². The summed E-state index contributed by atoms with van der Waals surface area (Å²) in [5.74, 6) is 0.576. The van der Waals surface area contributed by atoms with Crippen molar-refractivity contribution in [2.45, 2.75) is 55.3 Å². The van der Waals surface area contributed by atoms with Crippen LogP contribution in [0.1, 0.15) is 44.9 Å². The van der Waals surface area contributed by atoms with Crippen LogP contribution in [0.25, 0.3) is 0 Å². The Balaban J connectivity index is 1.68. The number of amides is 1. The number of aromatic nitrogens is 2. The van der Waals surface area contributed by atoms with E-state index in [0.717, 1.165) is 17.2 Å². The first-order valence-electron chi connectivity index (χ1n) is 6.53. The monoisotopic (exact) mass is 285 g/mol. The van der Waals surface area contributed by atoms with Gasteiger partial charge in [0.25, 0.3) is 0 Å². The molecule has 100 valence electrons. The van der Waals surface area contributed by atoms with Gasteiger partial charge in [0.1, 0.15) is 5.51 Å². The molecule has 1 N–H and O–H groups in total. The van der Waals surface area contributed by atoms with Crippen molar-refractivity contribution in [3.05, 3.63) is 5.51 Å². The second-order valence-corrected chi connectivity index (χ2v) is 6.66. The molecule has 1 aromatic heterocycles. The Morgan fingerprint density at radius 3 is 2.72 bits per heavy atom. The van der Waals surface area contributed by atoms with Crippen LogP contribution in [-0.2, 0) is 4.79 Å². The fraction of sp³-hybridized carbons (Fsp3) is 0.750. The Kier molecular flexibility index (Phi) is 5.93. The maximum Gasteiger partial charge on any atom is 0.230 e. The van der Waals surface area contributed by atoms with Crippen LogP contribution in [0.2, 0.25) is 0 Å². The summed E-state index contributed by atoms with van der Waals surface area (Å²) in [7, 11) is 0. The lowest BCUT2D eigenvalue weighted by atomic mass is 9.97. The van der Waals surface area contributed by atoms with E-state index in [2.05, 4.69) is 15.5 Å². The summed E-state index contributed by atoms with van der Waals surface area (Å²) < 4.78 is 0.864. The highest BCUT2D eigenvalue weighted by atomic mass is 32.2. The van der Waals surface area contributed by atoms with Crippen LogP contribution in [0, 0.1) is 0 Å². The van der Waals surface area contributed by atoms with Crippen LogP contribution in [0.4, 0.5) is 0 Å². The summed E-state index contributed by atoms with van der Waals surface area (Å²) in [5, 5.41) is 10.8. The third-order valence-corrected chi connectivity index (χ3v) is 5.00. The van der Waals surface area contributed by atoms with E-state index in [-0.39, 0.29) is 5.91 Å². The van der Waals surface area contributed by atoms with E-state index in [1.807, 2.05) is 0 Å². The smallest absolute Gasteiger partial charge is 0.230 e. The predicted molar refractivity (Wildman–Crippen MR) is 74.9 cm³/mol. The molecule has 1 saturated carbocycles. The average Bonchev–Trinajstić information content (AvgIpc) is 2.83. The van der Waals surface area contributed by atoms with Gasteiger partial charge in [0, 0.05) is 6.04 Å². The standard InChI is InChI=1S/C12H19N3OS2/c16-11(8-17-12-15-13-9-18-12)14-10-6-4-2-1-3-5-7-10/h9-10H,1-8H2,(H,14,16). The van der Waals surface area contributed by atoms with Crippen molar-refractivity contribution in [1.82, 2.24) is 15.5 Å².